The lowest BCUT2D eigenvalue weighted by Gasteiger charge is -2.10. The summed E-state index contributed by atoms with van der Waals surface area (Å²) >= 11 is 3.62. The molecular weight excluding hydrogens is 380 g/mol. The van der Waals surface area contributed by atoms with Crippen molar-refractivity contribution in [2.45, 2.75) is 19.9 Å². The van der Waals surface area contributed by atoms with Crippen molar-refractivity contribution >= 4 is 32.7 Å². The molecule has 0 bridgehead atoms. The first-order valence-electron chi connectivity index (χ1n) is 8.23. The summed E-state index contributed by atoms with van der Waals surface area (Å²) in [5, 5.41) is 4.13. The summed E-state index contributed by atoms with van der Waals surface area (Å²) < 4.78 is 8.31. The highest BCUT2D eigenvalue weighted by Gasteiger charge is 2.13. The minimum atomic E-state index is 0.0132. The molecule has 0 aliphatic heterocycles. The van der Waals surface area contributed by atoms with Crippen LogP contribution in [0, 0.1) is 6.92 Å². The molecule has 2 aromatic carbocycles. The van der Waals surface area contributed by atoms with Gasteiger partial charge >= 0.3 is 0 Å². The molecule has 1 amide bonds. The Morgan fingerprint density at radius 2 is 2.00 bits per heavy atom. The van der Waals surface area contributed by atoms with Gasteiger partial charge in [0.05, 0.1) is 7.11 Å². The SMILES string of the molecule is COc1cccc(CCNC(=O)Cn2c(C)c(Br)c3ccccc32)c1. The molecule has 3 rings (SSSR count). The summed E-state index contributed by atoms with van der Waals surface area (Å²) in [4.78, 5) is 12.4. The van der Waals surface area contributed by atoms with Gasteiger partial charge in [0.25, 0.3) is 0 Å². The van der Waals surface area contributed by atoms with Crippen molar-refractivity contribution in [3.63, 3.8) is 0 Å². The minimum Gasteiger partial charge on any atom is -0.497 e. The first kappa shape index (κ1) is 17.5. The predicted molar refractivity (Wildman–Crippen MR) is 104 cm³/mol. The van der Waals surface area contributed by atoms with Gasteiger partial charge in [-0.2, -0.15) is 0 Å². The monoisotopic (exact) mass is 400 g/mol. The predicted octanol–water partition coefficient (Wildman–Crippen LogP) is 4.08. The number of fused-ring (bicyclic) bond motifs is 1. The lowest BCUT2D eigenvalue weighted by atomic mass is 10.1. The van der Waals surface area contributed by atoms with Crippen LogP contribution in [0.25, 0.3) is 10.9 Å². The highest BCUT2D eigenvalue weighted by Crippen LogP contribution is 2.30. The van der Waals surface area contributed by atoms with E-state index in [1.807, 2.05) is 54.0 Å². The lowest BCUT2D eigenvalue weighted by molar-refractivity contribution is -0.121. The average molecular weight is 401 g/mol. The zero-order valence-corrected chi connectivity index (χ0v) is 16.0. The lowest BCUT2D eigenvalue weighted by Crippen LogP contribution is -2.29. The number of para-hydroxylation sites is 1. The number of hydrogen-bond acceptors (Lipinski definition) is 2. The Bertz CT molecular complexity index is 902. The molecular formula is C20H21BrN2O2. The molecule has 25 heavy (non-hydrogen) atoms. The van der Waals surface area contributed by atoms with E-state index >= 15 is 0 Å². The Balaban J connectivity index is 1.62. The number of nitrogens with one attached hydrogen (secondary N) is 1. The van der Waals surface area contributed by atoms with Gasteiger partial charge in [0, 0.05) is 27.6 Å². The van der Waals surface area contributed by atoms with E-state index in [4.69, 9.17) is 4.74 Å². The van der Waals surface area contributed by atoms with Gasteiger partial charge in [-0.1, -0.05) is 30.3 Å². The van der Waals surface area contributed by atoms with E-state index in [1.165, 1.54) is 0 Å². The number of carbonyl (C=O) groups excluding carboxylic acids is 1. The van der Waals surface area contributed by atoms with E-state index < -0.39 is 0 Å². The summed E-state index contributed by atoms with van der Waals surface area (Å²) in [7, 11) is 1.66. The maximum atomic E-state index is 12.4. The zero-order chi connectivity index (χ0) is 17.8. The van der Waals surface area contributed by atoms with Gasteiger partial charge in [0.15, 0.2) is 0 Å². The first-order chi connectivity index (χ1) is 12.1. The van der Waals surface area contributed by atoms with Gasteiger partial charge < -0.3 is 14.6 Å². The molecule has 0 saturated heterocycles. The Morgan fingerprint density at radius 1 is 1.20 bits per heavy atom. The van der Waals surface area contributed by atoms with E-state index in [0.29, 0.717) is 13.1 Å². The maximum absolute atomic E-state index is 12.4. The largest absolute Gasteiger partial charge is 0.497 e. The van der Waals surface area contributed by atoms with Crippen LogP contribution in [0.15, 0.2) is 53.0 Å². The summed E-state index contributed by atoms with van der Waals surface area (Å²) in [5.41, 5.74) is 3.27. The third kappa shape index (κ3) is 3.87. The summed E-state index contributed by atoms with van der Waals surface area (Å²) in [6, 6.07) is 16.0. The Labute approximate surface area is 155 Å². The van der Waals surface area contributed by atoms with E-state index in [9.17, 15) is 4.79 Å². The number of hydrogen-bond donors (Lipinski definition) is 1. The zero-order valence-electron chi connectivity index (χ0n) is 14.4. The number of aromatic nitrogens is 1. The molecule has 0 radical (unpaired) electrons. The molecule has 130 valence electrons. The van der Waals surface area contributed by atoms with Gasteiger partial charge in [-0.3, -0.25) is 4.79 Å². The van der Waals surface area contributed by atoms with Crippen LogP contribution in [-0.4, -0.2) is 24.1 Å². The van der Waals surface area contributed by atoms with Crippen molar-refractivity contribution in [3.8, 4) is 5.75 Å². The van der Waals surface area contributed by atoms with Crippen molar-refractivity contribution in [2.75, 3.05) is 13.7 Å². The van der Waals surface area contributed by atoms with Gasteiger partial charge in [0.2, 0.25) is 5.91 Å². The minimum absolute atomic E-state index is 0.0132. The van der Waals surface area contributed by atoms with Gasteiger partial charge in [-0.25, -0.2) is 0 Å². The number of amides is 1. The van der Waals surface area contributed by atoms with Crippen LogP contribution < -0.4 is 10.1 Å². The van der Waals surface area contributed by atoms with Crippen LogP contribution in [0.3, 0.4) is 0 Å². The Morgan fingerprint density at radius 3 is 2.80 bits per heavy atom. The van der Waals surface area contributed by atoms with Gasteiger partial charge in [-0.15, -0.1) is 0 Å². The second-order valence-electron chi connectivity index (χ2n) is 5.95. The highest BCUT2D eigenvalue weighted by molar-refractivity contribution is 9.10. The molecule has 4 nitrogen and oxygen atoms in total. The van der Waals surface area contributed by atoms with Crippen molar-refractivity contribution in [2.24, 2.45) is 0 Å². The van der Waals surface area contributed by atoms with Crippen molar-refractivity contribution < 1.29 is 9.53 Å². The molecule has 5 heteroatoms. The fourth-order valence-electron chi connectivity index (χ4n) is 2.97. The number of nitrogens with zero attached hydrogens (tertiary/aromatic N) is 1. The molecule has 0 unspecified atom stereocenters. The summed E-state index contributed by atoms with van der Waals surface area (Å²) in [6.07, 6.45) is 0.776. The van der Waals surface area contributed by atoms with Crippen LogP contribution in [0.2, 0.25) is 0 Å². The normalized spacial score (nSPS) is 10.8. The Hall–Kier alpha value is -2.27. The van der Waals surface area contributed by atoms with Crippen molar-refractivity contribution in [1.29, 1.82) is 0 Å². The van der Waals surface area contributed by atoms with E-state index in [1.54, 1.807) is 7.11 Å². The standard InChI is InChI=1S/C20H21BrN2O2/c1-14-20(21)17-8-3-4-9-18(17)23(14)13-19(24)22-11-10-15-6-5-7-16(12-15)25-2/h3-9,12H,10-11,13H2,1-2H3,(H,22,24). The van der Waals surface area contributed by atoms with Gasteiger partial charge in [-0.05, 0) is 53.0 Å². The third-order valence-electron chi connectivity index (χ3n) is 4.33. The highest BCUT2D eigenvalue weighted by atomic mass is 79.9. The molecule has 0 atom stereocenters. The number of halogens is 1. The molecule has 0 spiro atoms. The van der Waals surface area contributed by atoms with Crippen molar-refractivity contribution in [3.05, 3.63) is 64.3 Å². The smallest absolute Gasteiger partial charge is 0.239 e. The van der Waals surface area contributed by atoms with Crippen molar-refractivity contribution in [1.82, 2.24) is 9.88 Å². The molecule has 0 aliphatic rings. The number of carbonyl (C=O) groups is 1. The van der Waals surface area contributed by atoms with E-state index in [0.717, 1.165) is 38.8 Å². The summed E-state index contributed by atoms with van der Waals surface area (Å²) in [5.74, 6) is 0.849. The van der Waals surface area contributed by atoms with E-state index in [2.05, 4.69) is 27.3 Å². The van der Waals surface area contributed by atoms with E-state index in [-0.39, 0.29) is 5.91 Å². The molecule has 0 fully saturated rings. The van der Waals surface area contributed by atoms with Crippen LogP contribution in [0.4, 0.5) is 0 Å². The number of rotatable bonds is 6. The molecule has 3 aromatic rings. The van der Waals surface area contributed by atoms with Crippen LogP contribution in [0.5, 0.6) is 5.75 Å². The molecule has 1 aromatic heterocycles. The molecule has 1 N–H and O–H groups in total. The third-order valence-corrected chi connectivity index (χ3v) is 5.33. The molecule has 0 saturated carbocycles. The summed E-state index contributed by atoms with van der Waals surface area (Å²) in [6.45, 7) is 2.94. The topological polar surface area (TPSA) is 43.3 Å². The molecule has 1 heterocycles. The molecule has 0 aliphatic carbocycles. The number of methoxy groups -OCH3 is 1. The second kappa shape index (κ2) is 7.74. The fourth-order valence-corrected chi connectivity index (χ4v) is 3.52. The average Bonchev–Trinajstić information content (AvgIpc) is 2.87. The first-order valence-corrected chi connectivity index (χ1v) is 9.02. The fraction of sp³-hybridized carbons (Fsp3) is 0.250. The Kier molecular flexibility index (Phi) is 5.43. The van der Waals surface area contributed by atoms with Gasteiger partial charge in [0.1, 0.15) is 12.3 Å². The number of ether oxygens (including phenoxy) is 1. The maximum Gasteiger partial charge on any atom is 0.239 e. The number of benzene rings is 2. The van der Waals surface area contributed by atoms with Crippen LogP contribution >= 0.6 is 15.9 Å². The quantitative estimate of drug-likeness (QED) is 0.677. The second-order valence-corrected chi connectivity index (χ2v) is 6.75. The van der Waals surface area contributed by atoms with Crippen LogP contribution in [0.1, 0.15) is 11.3 Å². The van der Waals surface area contributed by atoms with Crippen LogP contribution in [-0.2, 0) is 17.8 Å².